The first-order chi connectivity index (χ1) is 8.75. The molecule has 1 aromatic carbocycles. The largest absolute Gasteiger partial charge is 0.445 e. The first-order valence-electron chi connectivity index (χ1n) is 6.27. The standard InChI is InChI=1S/C14H15NO3/c16-13-11-6-7-12(13)15(8-11)14(17)18-9-10-4-2-1-3-5-10/h1-5,11-12H,6-9H2/t11-,12+/m1/s1. The van der Waals surface area contributed by atoms with Crippen molar-refractivity contribution in [2.75, 3.05) is 6.54 Å². The molecule has 94 valence electrons. The van der Waals surface area contributed by atoms with E-state index in [4.69, 9.17) is 4.74 Å². The number of piperidine rings is 1. The lowest BCUT2D eigenvalue weighted by molar-refractivity contribution is -0.120. The number of benzene rings is 1. The van der Waals surface area contributed by atoms with E-state index in [1.807, 2.05) is 30.3 Å². The average Bonchev–Trinajstić information content (AvgIpc) is 2.93. The van der Waals surface area contributed by atoms with Gasteiger partial charge in [0, 0.05) is 12.5 Å². The molecule has 1 aliphatic carbocycles. The first kappa shape index (κ1) is 11.3. The molecule has 0 spiro atoms. The van der Waals surface area contributed by atoms with E-state index in [1.54, 1.807) is 4.90 Å². The molecule has 2 fully saturated rings. The summed E-state index contributed by atoms with van der Waals surface area (Å²) in [5, 5.41) is 0. The Kier molecular flexibility index (Phi) is 2.78. The molecule has 1 heterocycles. The molecule has 2 atom stereocenters. The summed E-state index contributed by atoms with van der Waals surface area (Å²) in [7, 11) is 0. The maximum Gasteiger partial charge on any atom is 0.410 e. The van der Waals surface area contributed by atoms with Crippen molar-refractivity contribution in [3.05, 3.63) is 35.9 Å². The molecule has 1 amide bonds. The fraction of sp³-hybridized carbons (Fsp3) is 0.429. The predicted octanol–water partition coefficient (Wildman–Crippen LogP) is 1.99. The third kappa shape index (κ3) is 1.88. The fourth-order valence-electron chi connectivity index (χ4n) is 2.78. The van der Waals surface area contributed by atoms with Crippen LogP contribution in [0.2, 0.25) is 0 Å². The number of ether oxygens (including phenoxy) is 1. The van der Waals surface area contributed by atoms with Crippen molar-refractivity contribution in [1.29, 1.82) is 0 Å². The second-order valence-electron chi connectivity index (χ2n) is 4.88. The second kappa shape index (κ2) is 4.44. The zero-order chi connectivity index (χ0) is 12.5. The van der Waals surface area contributed by atoms with Gasteiger partial charge in [-0.3, -0.25) is 9.69 Å². The molecule has 4 heteroatoms. The van der Waals surface area contributed by atoms with Crippen molar-refractivity contribution in [3.8, 4) is 0 Å². The van der Waals surface area contributed by atoms with Crippen LogP contribution in [0.5, 0.6) is 0 Å². The molecular weight excluding hydrogens is 230 g/mol. The second-order valence-corrected chi connectivity index (χ2v) is 4.88. The summed E-state index contributed by atoms with van der Waals surface area (Å²) in [5.41, 5.74) is 0.960. The van der Waals surface area contributed by atoms with E-state index in [0.717, 1.165) is 18.4 Å². The number of fused-ring (bicyclic) bond motifs is 2. The summed E-state index contributed by atoms with van der Waals surface area (Å²) < 4.78 is 5.25. The van der Waals surface area contributed by atoms with Gasteiger partial charge in [-0.1, -0.05) is 30.3 Å². The van der Waals surface area contributed by atoms with Crippen LogP contribution in [0.15, 0.2) is 30.3 Å². The summed E-state index contributed by atoms with van der Waals surface area (Å²) >= 11 is 0. The highest BCUT2D eigenvalue weighted by atomic mass is 16.6. The summed E-state index contributed by atoms with van der Waals surface area (Å²) in [6, 6.07) is 9.33. The number of likely N-dealkylation sites (tertiary alicyclic amines) is 1. The number of Topliss-reactive ketones (excluding diaryl/α,β-unsaturated/α-hetero) is 1. The molecule has 4 nitrogen and oxygen atoms in total. The fourth-order valence-corrected chi connectivity index (χ4v) is 2.78. The zero-order valence-electron chi connectivity index (χ0n) is 10.0. The van der Waals surface area contributed by atoms with Crippen molar-refractivity contribution in [2.24, 2.45) is 5.92 Å². The van der Waals surface area contributed by atoms with E-state index >= 15 is 0 Å². The number of hydrogen-bond acceptors (Lipinski definition) is 3. The SMILES string of the molecule is O=C1[C@@H]2CC[C@@H]1N(C(=O)OCc1ccccc1)C2. The predicted molar refractivity (Wildman–Crippen MR) is 64.9 cm³/mol. The quantitative estimate of drug-likeness (QED) is 0.800. The summed E-state index contributed by atoms with van der Waals surface area (Å²) in [5.74, 6) is 0.269. The van der Waals surface area contributed by atoms with E-state index in [1.165, 1.54) is 0 Å². The Morgan fingerprint density at radius 1 is 1.28 bits per heavy atom. The van der Waals surface area contributed by atoms with Crippen molar-refractivity contribution in [2.45, 2.75) is 25.5 Å². The smallest absolute Gasteiger partial charge is 0.410 e. The van der Waals surface area contributed by atoms with Crippen LogP contribution in [0.4, 0.5) is 4.79 Å². The van der Waals surface area contributed by atoms with Crippen LogP contribution >= 0.6 is 0 Å². The highest BCUT2D eigenvalue weighted by Crippen LogP contribution is 2.34. The van der Waals surface area contributed by atoms with E-state index in [-0.39, 0.29) is 30.4 Å². The molecule has 18 heavy (non-hydrogen) atoms. The topological polar surface area (TPSA) is 46.6 Å². The van der Waals surface area contributed by atoms with E-state index in [0.29, 0.717) is 6.54 Å². The van der Waals surface area contributed by atoms with Crippen molar-refractivity contribution in [1.82, 2.24) is 4.90 Å². The van der Waals surface area contributed by atoms with Crippen LogP contribution in [0.1, 0.15) is 18.4 Å². The van der Waals surface area contributed by atoms with Crippen LogP contribution in [-0.2, 0) is 16.1 Å². The van der Waals surface area contributed by atoms with Gasteiger partial charge in [0.15, 0.2) is 5.78 Å². The van der Waals surface area contributed by atoms with Crippen LogP contribution < -0.4 is 0 Å². The van der Waals surface area contributed by atoms with E-state index in [9.17, 15) is 9.59 Å². The molecule has 1 saturated carbocycles. The van der Waals surface area contributed by atoms with Gasteiger partial charge < -0.3 is 4.74 Å². The Labute approximate surface area is 106 Å². The highest BCUT2D eigenvalue weighted by Gasteiger charge is 2.48. The number of carbonyl (C=O) groups excluding carboxylic acids is 2. The Bertz CT molecular complexity index is 471. The molecule has 1 aliphatic heterocycles. The molecule has 1 saturated heterocycles. The monoisotopic (exact) mass is 245 g/mol. The molecule has 2 aliphatic rings. The normalized spacial score (nSPS) is 25.6. The van der Waals surface area contributed by atoms with Gasteiger partial charge in [-0.15, -0.1) is 0 Å². The molecule has 3 rings (SSSR count). The Hall–Kier alpha value is -1.84. The van der Waals surface area contributed by atoms with Crippen LogP contribution in [0.25, 0.3) is 0 Å². The lowest BCUT2D eigenvalue weighted by Crippen LogP contribution is -2.39. The molecule has 0 N–H and O–H groups in total. The van der Waals surface area contributed by atoms with Crippen molar-refractivity contribution < 1.29 is 14.3 Å². The molecule has 0 unspecified atom stereocenters. The van der Waals surface area contributed by atoms with Gasteiger partial charge in [0.25, 0.3) is 0 Å². The van der Waals surface area contributed by atoms with Crippen LogP contribution in [0.3, 0.4) is 0 Å². The maximum atomic E-state index is 11.9. The minimum atomic E-state index is -0.362. The van der Waals surface area contributed by atoms with Gasteiger partial charge >= 0.3 is 6.09 Å². The van der Waals surface area contributed by atoms with Crippen molar-refractivity contribution >= 4 is 11.9 Å². The number of carbonyl (C=O) groups is 2. The van der Waals surface area contributed by atoms with Gasteiger partial charge in [0.2, 0.25) is 0 Å². The number of nitrogens with zero attached hydrogens (tertiary/aromatic N) is 1. The summed E-state index contributed by atoms with van der Waals surface area (Å²) in [6.07, 6.45) is 1.36. The summed E-state index contributed by atoms with van der Waals surface area (Å²) in [6.45, 7) is 0.804. The Balaban J connectivity index is 1.58. The third-order valence-electron chi connectivity index (χ3n) is 3.75. The number of rotatable bonds is 2. The summed E-state index contributed by atoms with van der Waals surface area (Å²) in [4.78, 5) is 25.2. The van der Waals surface area contributed by atoms with E-state index < -0.39 is 0 Å². The number of ketones is 1. The third-order valence-corrected chi connectivity index (χ3v) is 3.75. The van der Waals surface area contributed by atoms with Gasteiger partial charge in [0.05, 0.1) is 6.04 Å². The molecular formula is C14H15NO3. The van der Waals surface area contributed by atoms with Gasteiger partial charge in [-0.05, 0) is 18.4 Å². The molecule has 1 aromatic rings. The average molecular weight is 245 g/mol. The Morgan fingerprint density at radius 3 is 2.67 bits per heavy atom. The van der Waals surface area contributed by atoms with Gasteiger partial charge in [0.1, 0.15) is 6.61 Å². The number of hydrogen-bond donors (Lipinski definition) is 0. The highest BCUT2D eigenvalue weighted by molar-refractivity contribution is 5.94. The zero-order valence-corrected chi connectivity index (χ0v) is 10.0. The lowest BCUT2D eigenvalue weighted by atomic mass is 10.1. The maximum absolute atomic E-state index is 11.9. The van der Waals surface area contributed by atoms with E-state index in [2.05, 4.69) is 0 Å². The lowest BCUT2D eigenvalue weighted by Gasteiger charge is -2.24. The number of amides is 1. The molecule has 2 bridgehead atoms. The van der Waals surface area contributed by atoms with Crippen LogP contribution in [-0.4, -0.2) is 29.4 Å². The Morgan fingerprint density at radius 2 is 2.06 bits per heavy atom. The van der Waals surface area contributed by atoms with Crippen molar-refractivity contribution in [3.63, 3.8) is 0 Å². The molecule has 0 aromatic heterocycles. The minimum absolute atomic E-state index is 0.0549. The van der Waals surface area contributed by atoms with Gasteiger partial charge in [-0.25, -0.2) is 4.79 Å². The van der Waals surface area contributed by atoms with Crippen LogP contribution in [0, 0.1) is 5.92 Å². The molecule has 0 radical (unpaired) electrons. The first-order valence-corrected chi connectivity index (χ1v) is 6.27. The van der Waals surface area contributed by atoms with Gasteiger partial charge in [-0.2, -0.15) is 0 Å². The minimum Gasteiger partial charge on any atom is -0.445 e.